The van der Waals surface area contributed by atoms with E-state index in [2.05, 4.69) is 16.5 Å². The molecule has 2 rings (SSSR count). The van der Waals surface area contributed by atoms with Crippen LogP contribution in [0.3, 0.4) is 0 Å². The standard InChI is InChI=1S/C12H18N4O2/c1-9-11(16(17)18)12(15(2)14-9)13-8-7-10-5-3-4-6-10/h5,13H,3-4,6-8H2,1-2H3. The summed E-state index contributed by atoms with van der Waals surface area (Å²) in [5, 5.41) is 18.2. The van der Waals surface area contributed by atoms with Crippen LogP contribution >= 0.6 is 0 Å². The highest BCUT2D eigenvalue weighted by atomic mass is 16.6. The molecule has 0 fully saturated rings. The molecule has 0 atom stereocenters. The van der Waals surface area contributed by atoms with Gasteiger partial charge in [0.25, 0.3) is 0 Å². The molecule has 1 aliphatic carbocycles. The van der Waals surface area contributed by atoms with Crippen molar-refractivity contribution in [3.63, 3.8) is 0 Å². The Morgan fingerprint density at radius 3 is 3.00 bits per heavy atom. The number of nitrogens with zero attached hydrogens (tertiary/aromatic N) is 3. The van der Waals surface area contributed by atoms with Gasteiger partial charge in [0.15, 0.2) is 0 Å². The maximum absolute atomic E-state index is 11.0. The molecule has 1 heterocycles. The van der Waals surface area contributed by atoms with Gasteiger partial charge in [-0.15, -0.1) is 0 Å². The Labute approximate surface area is 106 Å². The van der Waals surface area contributed by atoms with E-state index in [9.17, 15) is 10.1 Å². The molecule has 1 aromatic heterocycles. The summed E-state index contributed by atoms with van der Waals surface area (Å²) in [6.45, 7) is 2.37. The van der Waals surface area contributed by atoms with E-state index in [4.69, 9.17) is 0 Å². The number of nitrogens with one attached hydrogen (secondary N) is 1. The van der Waals surface area contributed by atoms with Gasteiger partial charge < -0.3 is 5.32 Å². The van der Waals surface area contributed by atoms with Crippen molar-refractivity contribution in [1.82, 2.24) is 9.78 Å². The second-order valence-corrected chi connectivity index (χ2v) is 4.59. The molecular weight excluding hydrogens is 232 g/mol. The molecular formula is C12H18N4O2. The number of rotatable bonds is 5. The maximum Gasteiger partial charge on any atom is 0.333 e. The third kappa shape index (κ3) is 2.52. The van der Waals surface area contributed by atoms with Gasteiger partial charge in [0.05, 0.1) is 4.92 Å². The van der Waals surface area contributed by atoms with E-state index in [1.54, 1.807) is 14.0 Å². The van der Waals surface area contributed by atoms with Crippen molar-refractivity contribution >= 4 is 11.5 Å². The van der Waals surface area contributed by atoms with Crippen molar-refractivity contribution in [2.45, 2.75) is 32.6 Å². The van der Waals surface area contributed by atoms with Crippen LogP contribution in [0, 0.1) is 17.0 Å². The Bertz CT molecular complexity index is 491. The van der Waals surface area contributed by atoms with Gasteiger partial charge in [-0.3, -0.25) is 10.1 Å². The van der Waals surface area contributed by atoms with E-state index in [-0.39, 0.29) is 10.6 Å². The summed E-state index contributed by atoms with van der Waals surface area (Å²) in [5.41, 5.74) is 1.98. The Kier molecular flexibility index (Phi) is 3.64. The molecule has 1 N–H and O–H groups in total. The van der Waals surface area contributed by atoms with E-state index in [0.717, 1.165) is 12.8 Å². The van der Waals surface area contributed by atoms with Crippen LogP contribution in [0.25, 0.3) is 0 Å². The zero-order valence-electron chi connectivity index (χ0n) is 10.8. The van der Waals surface area contributed by atoms with E-state index < -0.39 is 0 Å². The van der Waals surface area contributed by atoms with E-state index in [0.29, 0.717) is 18.1 Å². The van der Waals surface area contributed by atoms with E-state index >= 15 is 0 Å². The first-order chi connectivity index (χ1) is 8.59. The van der Waals surface area contributed by atoms with E-state index in [1.807, 2.05) is 0 Å². The second-order valence-electron chi connectivity index (χ2n) is 4.59. The quantitative estimate of drug-likeness (QED) is 0.495. The molecule has 1 aromatic rings. The third-order valence-corrected chi connectivity index (χ3v) is 3.25. The van der Waals surface area contributed by atoms with Crippen LogP contribution in [0.15, 0.2) is 11.6 Å². The molecule has 0 aliphatic heterocycles. The average Bonchev–Trinajstić information content (AvgIpc) is 2.87. The predicted octanol–water partition coefficient (Wildman–Crippen LogP) is 2.55. The number of hydrogen-bond donors (Lipinski definition) is 1. The van der Waals surface area contributed by atoms with Crippen LogP contribution in [0.4, 0.5) is 11.5 Å². The number of nitro groups is 1. The van der Waals surface area contributed by atoms with Crippen molar-refractivity contribution in [2.75, 3.05) is 11.9 Å². The normalized spacial score (nSPS) is 14.7. The lowest BCUT2D eigenvalue weighted by molar-refractivity contribution is -0.384. The molecule has 98 valence electrons. The lowest BCUT2D eigenvalue weighted by Gasteiger charge is -2.06. The van der Waals surface area contributed by atoms with Crippen LogP contribution < -0.4 is 5.32 Å². The summed E-state index contributed by atoms with van der Waals surface area (Å²) in [5.74, 6) is 0.496. The molecule has 6 nitrogen and oxygen atoms in total. The van der Waals surface area contributed by atoms with Crippen LogP contribution in [-0.4, -0.2) is 21.2 Å². The molecule has 6 heteroatoms. The van der Waals surface area contributed by atoms with Gasteiger partial charge >= 0.3 is 5.69 Å². The average molecular weight is 250 g/mol. The lowest BCUT2D eigenvalue weighted by atomic mass is 10.2. The van der Waals surface area contributed by atoms with Gasteiger partial charge in [-0.2, -0.15) is 5.10 Å². The van der Waals surface area contributed by atoms with Gasteiger partial charge in [-0.1, -0.05) is 11.6 Å². The number of anilines is 1. The topological polar surface area (TPSA) is 73.0 Å². The van der Waals surface area contributed by atoms with Crippen molar-refractivity contribution in [2.24, 2.45) is 7.05 Å². The Hall–Kier alpha value is -1.85. The summed E-state index contributed by atoms with van der Waals surface area (Å²) in [4.78, 5) is 10.6. The molecule has 0 saturated carbocycles. The van der Waals surface area contributed by atoms with Gasteiger partial charge in [-0.25, -0.2) is 4.68 Å². The van der Waals surface area contributed by atoms with Crippen molar-refractivity contribution in [3.05, 3.63) is 27.5 Å². The van der Waals surface area contributed by atoms with Crippen LogP contribution in [0.5, 0.6) is 0 Å². The highest BCUT2D eigenvalue weighted by Crippen LogP contribution is 2.27. The molecule has 18 heavy (non-hydrogen) atoms. The fourth-order valence-corrected chi connectivity index (χ4v) is 2.37. The molecule has 0 radical (unpaired) electrons. The Morgan fingerprint density at radius 1 is 1.61 bits per heavy atom. The minimum absolute atomic E-state index is 0.0814. The minimum atomic E-state index is -0.375. The Balaban J connectivity index is 2.02. The van der Waals surface area contributed by atoms with Gasteiger partial charge in [0.2, 0.25) is 5.82 Å². The molecule has 1 aliphatic rings. The summed E-state index contributed by atoms with van der Waals surface area (Å²) in [6, 6.07) is 0. The molecule has 0 saturated heterocycles. The largest absolute Gasteiger partial charge is 0.364 e. The van der Waals surface area contributed by atoms with Crippen molar-refractivity contribution < 1.29 is 4.92 Å². The molecule has 0 bridgehead atoms. The van der Waals surface area contributed by atoms with Gasteiger partial charge in [0.1, 0.15) is 5.69 Å². The number of allylic oxidation sites excluding steroid dienone is 1. The fourth-order valence-electron chi connectivity index (χ4n) is 2.37. The van der Waals surface area contributed by atoms with Crippen molar-refractivity contribution in [3.8, 4) is 0 Å². The predicted molar refractivity (Wildman–Crippen MR) is 69.6 cm³/mol. The lowest BCUT2D eigenvalue weighted by Crippen LogP contribution is -2.08. The first-order valence-corrected chi connectivity index (χ1v) is 6.19. The summed E-state index contributed by atoms with van der Waals surface area (Å²) >= 11 is 0. The minimum Gasteiger partial charge on any atom is -0.364 e. The summed E-state index contributed by atoms with van der Waals surface area (Å²) in [6.07, 6.45) is 6.78. The van der Waals surface area contributed by atoms with E-state index in [1.165, 1.54) is 23.1 Å². The zero-order chi connectivity index (χ0) is 13.1. The van der Waals surface area contributed by atoms with Crippen LogP contribution in [-0.2, 0) is 7.05 Å². The number of hydrogen-bond acceptors (Lipinski definition) is 4. The highest BCUT2D eigenvalue weighted by molar-refractivity contribution is 5.59. The first kappa shape index (κ1) is 12.6. The fraction of sp³-hybridized carbons (Fsp3) is 0.583. The van der Waals surface area contributed by atoms with Gasteiger partial charge in [0, 0.05) is 13.6 Å². The zero-order valence-corrected chi connectivity index (χ0v) is 10.8. The van der Waals surface area contributed by atoms with Crippen molar-refractivity contribution in [1.29, 1.82) is 0 Å². The molecule has 0 unspecified atom stereocenters. The molecule has 0 aromatic carbocycles. The molecule has 0 amide bonds. The monoisotopic (exact) mass is 250 g/mol. The summed E-state index contributed by atoms with van der Waals surface area (Å²) in [7, 11) is 1.72. The Morgan fingerprint density at radius 2 is 2.39 bits per heavy atom. The highest BCUT2D eigenvalue weighted by Gasteiger charge is 2.23. The second kappa shape index (κ2) is 5.20. The maximum atomic E-state index is 11.0. The smallest absolute Gasteiger partial charge is 0.333 e. The number of aromatic nitrogens is 2. The van der Waals surface area contributed by atoms with Gasteiger partial charge in [-0.05, 0) is 32.6 Å². The SMILES string of the molecule is Cc1nn(C)c(NCCC2=CCCC2)c1[N+](=O)[O-]. The third-order valence-electron chi connectivity index (χ3n) is 3.25. The first-order valence-electron chi connectivity index (χ1n) is 6.19. The van der Waals surface area contributed by atoms with Crippen LogP contribution in [0.2, 0.25) is 0 Å². The molecule has 0 spiro atoms. The summed E-state index contributed by atoms with van der Waals surface area (Å²) < 4.78 is 1.54. The number of aryl methyl sites for hydroxylation is 2. The van der Waals surface area contributed by atoms with Crippen LogP contribution in [0.1, 0.15) is 31.4 Å².